The van der Waals surface area contributed by atoms with Gasteiger partial charge in [-0.2, -0.15) is 10.2 Å². The molecule has 0 bridgehead atoms. The normalized spacial score (nSPS) is 11.4. The van der Waals surface area contributed by atoms with Crippen LogP contribution in [0.1, 0.15) is 5.56 Å². The Morgan fingerprint density at radius 2 is 1.88 bits per heavy atom. The first kappa shape index (κ1) is 21.4. The number of ether oxygens (including phenoxy) is 1. The molecule has 0 aliphatic carbocycles. The topological polar surface area (TPSA) is 102 Å². The van der Waals surface area contributed by atoms with E-state index in [0.29, 0.717) is 12.4 Å². The number of rotatable bonds is 7. The molecule has 2 aromatic carbocycles. The summed E-state index contributed by atoms with van der Waals surface area (Å²) in [6, 6.07) is 10.5. The SMILES string of the molecule is CN(C)CCOc1c(F)cc(-c2ccc(=O)n(Cc3ccc4[nH]nc(N)c4c3)n2)cc1F. The molecule has 0 aliphatic heterocycles. The van der Waals surface area contributed by atoms with Crippen molar-refractivity contribution in [2.24, 2.45) is 0 Å². The summed E-state index contributed by atoms with van der Waals surface area (Å²) in [6.45, 7) is 0.822. The second-order valence-electron chi connectivity index (χ2n) is 7.62. The van der Waals surface area contributed by atoms with Gasteiger partial charge in [0.15, 0.2) is 23.2 Å². The van der Waals surface area contributed by atoms with Gasteiger partial charge >= 0.3 is 0 Å². The van der Waals surface area contributed by atoms with Gasteiger partial charge in [0, 0.05) is 23.6 Å². The summed E-state index contributed by atoms with van der Waals surface area (Å²) in [6.07, 6.45) is 0. The van der Waals surface area contributed by atoms with Crippen molar-refractivity contribution in [3.05, 3.63) is 70.0 Å². The number of halogens is 2. The summed E-state index contributed by atoms with van der Waals surface area (Å²) < 4.78 is 35.5. The molecule has 4 rings (SSSR count). The average molecular weight is 440 g/mol. The second-order valence-corrected chi connectivity index (χ2v) is 7.62. The van der Waals surface area contributed by atoms with Crippen molar-refractivity contribution >= 4 is 16.7 Å². The predicted octanol–water partition coefficient (Wildman–Crippen LogP) is 2.64. The number of H-pyrrole nitrogens is 1. The average Bonchev–Trinajstić information content (AvgIpc) is 3.11. The van der Waals surface area contributed by atoms with Gasteiger partial charge < -0.3 is 15.4 Å². The maximum absolute atomic E-state index is 14.5. The van der Waals surface area contributed by atoms with Crippen molar-refractivity contribution in [3.63, 3.8) is 0 Å². The summed E-state index contributed by atoms with van der Waals surface area (Å²) >= 11 is 0. The Morgan fingerprint density at radius 3 is 2.59 bits per heavy atom. The first-order valence-electron chi connectivity index (χ1n) is 9.89. The van der Waals surface area contributed by atoms with Crippen LogP contribution < -0.4 is 16.0 Å². The zero-order valence-electron chi connectivity index (χ0n) is 17.6. The number of aromatic nitrogens is 4. The molecule has 0 fully saturated rings. The van der Waals surface area contributed by atoms with Crippen molar-refractivity contribution in [1.82, 2.24) is 24.9 Å². The van der Waals surface area contributed by atoms with E-state index in [1.807, 2.05) is 37.2 Å². The van der Waals surface area contributed by atoms with Crippen LogP contribution in [0.3, 0.4) is 0 Å². The lowest BCUT2D eigenvalue weighted by Gasteiger charge is -2.13. The van der Waals surface area contributed by atoms with E-state index < -0.39 is 17.4 Å². The van der Waals surface area contributed by atoms with Crippen molar-refractivity contribution in [2.45, 2.75) is 6.54 Å². The number of hydrogen-bond donors (Lipinski definition) is 2. The molecule has 0 amide bonds. The highest BCUT2D eigenvalue weighted by atomic mass is 19.1. The lowest BCUT2D eigenvalue weighted by Crippen LogP contribution is -2.23. The van der Waals surface area contributed by atoms with E-state index >= 15 is 0 Å². The number of aromatic amines is 1. The predicted molar refractivity (Wildman–Crippen MR) is 118 cm³/mol. The number of hydrogen-bond acceptors (Lipinski definition) is 6. The molecule has 0 saturated carbocycles. The highest BCUT2D eigenvalue weighted by Gasteiger charge is 2.15. The van der Waals surface area contributed by atoms with E-state index in [9.17, 15) is 13.6 Å². The molecule has 0 aliphatic rings. The van der Waals surface area contributed by atoms with Gasteiger partial charge in [-0.15, -0.1) is 0 Å². The number of nitrogens with two attached hydrogens (primary N) is 1. The Balaban J connectivity index is 1.61. The van der Waals surface area contributed by atoms with Crippen LogP contribution in [0, 0.1) is 11.6 Å². The lowest BCUT2D eigenvalue weighted by molar-refractivity contribution is 0.242. The first-order chi connectivity index (χ1) is 15.3. The fourth-order valence-electron chi connectivity index (χ4n) is 3.24. The van der Waals surface area contributed by atoms with Crippen LogP contribution in [-0.2, 0) is 6.54 Å². The Bertz CT molecular complexity index is 1310. The Kier molecular flexibility index (Phi) is 5.87. The summed E-state index contributed by atoms with van der Waals surface area (Å²) in [7, 11) is 3.67. The zero-order valence-corrected chi connectivity index (χ0v) is 17.6. The third-order valence-corrected chi connectivity index (χ3v) is 4.93. The fourth-order valence-corrected chi connectivity index (χ4v) is 3.24. The molecule has 0 radical (unpaired) electrons. The highest BCUT2D eigenvalue weighted by Crippen LogP contribution is 2.28. The van der Waals surface area contributed by atoms with Gasteiger partial charge in [-0.1, -0.05) is 6.07 Å². The number of fused-ring (bicyclic) bond motifs is 1. The van der Waals surface area contributed by atoms with E-state index in [-0.39, 0.29) is 30.0 Å². The van der Waals surface area contributed by atoms with Gasteiger partial charge in [0.25, 0.3) is 5.56 Å². The molecule has 166 valence electrons. The van der Waals surface area contributed by atoms with Crippen molar-refractivity contribution in [1.29, 1.82) is 0 Å². The lowest BCUT2D eigenvalue weighted by atomic mass is 10.1. The molecule has 0 unspecified atom stereocenters. The molecule has 4 aromatic rings. The molecule has 2 heterocycles. The molecular formula is C22H22F2N6O2. The van der Waals surface area contributed by atoms with E-state index in [0.717, 1.165) is 28.6 Å². The van der Waals surface area contributed by atoms with Crippen molar-refractivity contribution in [3.8, 4) is 17.0 Å². The molecule has 0 spiro atoms. The molecule has 0 atom stereocenters. The summed E-state index contributed by atoms with van der Waals surface area (Å²) in [5.41, 5.74) is 7.50. The summed E-state index contributed by atoms with van der Waals surface area (Å²) in [5.74, 6) is -1.75. The minimum atomic E-state index is -0.834. The minimum Gasteiger partial charge on any atom is -0.486 e. The van der Waals surface area contributed by atoms with Crippen molar-refractivity contribution < 1.29 is 13.5 Å². The standard InChI is InChI=1S/C22H22F2N6O2/c1-29(2)7-8-32-21-16(23)10-14(11-17(21)24)18-5-6-20(31)30(28-18)12-13-3-4-19-15(9-13)22(25)27-26-19/h3-6,9-11H,7-8,12H2,1-2H3,(H3,25,26,27). The summed E-state index contributed by atoms with van der Waals surface area (Å²) in [4.78, 5) is 14.2. The Labute approximate surface area is 182 Å². The molecule has 0 saturated heterocycles. The molecule has 32 heavy (non-hydrogen) atoms. The van der Waals surface area contributed by atoms with Crippen LogP contribution in [-0.4, -0.2) is 52.1 Å². The van der Waals surface area contributed by atoms with Gasteiger partial charge in [-0.3, -0.25) is 9.89 Å². The van der Waals surface area contributed by atoms with E-state index in [2.05, 4.69) is 15.3 Å². The van der Waals surface area contributed by atoms with E-state index in [4.69, 9.17) is 10.5 Å². The van der Waals surface area contributed by atoms with Crippen LogP contribution in [0.4, 0.5) is 14.6 Å². The molecule has 8 nitrogen and oxygen atoms in total. The van der Waals surface area contributed by atoms with Gasteiger partial charge in [0.2, 0.25) is 0 Å². The zero-order chi connectivity index (χ0) is 22.8. The molecule has 3 N–H and O–H groups in total. The monoisotopic (exact) mass is 440 g/mol. The number of likely N-dealkylation sites (N-methyl/N-ethyl adjacent to an activating group) is 1. The van der Waals surface area contributed by atoms with Crippen LogP contribution in [0.25, 0.3) is 22.2 Å². The highest BCUT2D eigenvalue weighted by molar-refractivity contribution is 5.88. The van der Waals surface area contributed by atoms with Crippen LogP contribution in [0.15, 0.2) is 47.3 Å². The number of nitrogens with one attached hydrogen (secondary N) is 1. The largest absolute Gasteiger partial charge is 0.486 e. The van der Waals surface area contributed by atoms with Gasteiger partial charge in [0.1, 0.15) is 6.61 Å². The molecular weight excluding hydrogens is 418 g/mol. The summed E-state index contributed by atoms with van der Waals surface area (Å²) in [5, 5.41) is 11.8. The second kappa shape index (κ2) is 8.75. The third-order valence-electron chi connectivity index (χ3n) is 4.93. The van der Waals surface area contributed by atoms with Crippen LogP contribution >= 0.6 is 0 Å². The number of anilines is 1. The Morgan fingerprint density at radius 1 is 1.12 bits per heavy atom. The number of nitrogen functional groups attached to an aromatic ring is 1. The maximum atomic E-state index is 14.5. The van der Waals surface area contributed by atoms with Crippen LogP contribution in [0.2, 0.25) is 0 Å². The van der Waals surface area contributed by atoms with Crippen molar-refractivity contribution in [2.75, 3.05) is 33.0 Å². The minimum absolute atomic E-state index is 0.148. The van der Waals surface area contributed by atoms with E-state index in [1.165, 1.54) is 16.8 Å². The number of benzene rings is 2. The van der Waals surface area contributed by atoms with E-state index in [1.54, 1.807) is 0 Å². The molecule has 10 heteroatoms. The maximum Gasteiger partial charge on any atom is 0.267 e. The first-order valence-corrected chi connectivity index (χ1v) is 9.89. The fraction of sp³-hybridized carbons (Fsp3) is 0.227. The number of nitrogens with zero attached hydrogens (tertiary/aromatic N) is 4. The quantitative estimate of drug-likeness (QED) is 0.458. The third kappa shape index (κ3) is 4.45. The van der Waals surface area contributed by atoms with Crippen LogP contribution in [0.5, 0.6) is 5.75 Å². The van der Waals surface area contributed by atoms with Gasteiger partial charge in [-0.05, 0) is 50.0 Å². The Hall–Kier alpha value is -3.79. The molecule has 2 aromatic heterocycles. The van der Waals surface area contributed by atoms with Gasteiger partial charge in [-0.25, -0.2) is 13.5 Å². The van der Waals surface area contributed by atoms with Gasteiger partial charge in [0.05, 0.1) is 17.8 Å². The smallest absolute Gasteiger partial charge is 0.267 e.